The van der Waals surface area contributed by atoms with E-state index in [4.69, 9.17) is 4.74 Å². The first kappa shape index (κ1) is 22.8. The molecule has 1 aliphatic rings. The first-order chi connectivity index (χ1) is 14.6. The predicted molar refractivity (Wildman–Crippen MR) is 121 cm³/mol. The van der Waals surface area contributed by atoms with Gasteiger partial charge in [0.05, 0.1) is 34.2 Å². The van der Waals surface area contributed by atoms with Crippen molar-refractivity contribution < 1.29 is 22.7 Å². The first-order valence-electron chi connectivity index (χ1n) is 10.3. The second kappa shape index (κ2) is 8.70. The molecule has 7 nitrogen and oxygen atoms in total. The number of hydrogen-bond acceptors (Lipinski definition) is 5. The Kier molecular flexibility index (Phi) is 6.40. The summed E-state index contributed by atoms with van der Waals surface area (Å²) in [6, 6.07) is 12.0. The number of fused-ring (bicyclic) bond motifs is 1. The number of nitrogens with zero attached hydrogens (tertiary/aromatic N) is 2. The standard InChI is InChI=1S/C23H28N2O5S/c1-6-30-23(27)24-14-16(4)25(17(5)26)21-12-9-19(13-22(21)24)18-7-10-20(11-8-18)31(28,29)15(2)3/h7-13,15-16H,6,14H2,1-5H3. The molecular weight excluding hydrogens is 416 g/mol. The second-order valence-electron chi connectivity index (χ2n) is 7.87. The van der Waals surface area contributed by atoms with Crippen LogP contribution in [0.5, 0.6) is 0 Å². The van der Waals surface area contributed by atoms with Crippen LogP contribution in [0.3, 0.4) is 0 Å². The third kappa shape index (κ3) is 4.30. The van der Waals surface area contributed by atoms with Gasteiger partial charge in [-0.2, -0.15) is 0 Å². The van der Waals surface area contributed by atoms with E-state index in [0.29, 0.717) is 17.9 Å². The molecule has 8 heteroatoms. The molecule has 2 aromatic carbocycles. The molecule has 0 fully saturated rings. The minimum atomic E-state index is -3.35. The van der Waals surface area contributed by atoms with Crippen LogP contribution in [-0.2, 0) is 19.4 Å². The largest absolute Gasteiger partial charge is 0.449 e. The van der Waals surface area contributed by atoms with Gasteiger partial charge in [-0.05, 0) is 63.1 Å². The van der Waals surface area contributed by atoms with Gasteiger partial charge < -0.3 is 9.64 Å². The summed E-state index contributed by atoms with van der Waals surface area (Å²) in [6.45, 7) is 9.01. The van der Waals surface area contributed by atoms with E-state index in [-0.39, 0.29) is 23.5 Å². The van der Waals surface area contributed by atoms with Crippen molar-refractivity contribution in [3.8, 4) is 11.1 Å². The molecule has 166 valence electrons. The summed E-state index contributed by atoms with van der Waals surface area (Å²) >= 11 is 0. The minimum absolute atomic E-state index is 0.103. The summed E-state index contributed by atoms with van der Waals surface area (Å²) in [4.78, 5) is 28.3. The highest BCUT2D eigenvalue weighted by Crippen LogP contribution is 2.39. The Labute approximate surface area is 183 Å². The molecule has 2 amide bonds. The number of sulfone groups is 1. The summed E-state index contributed by atoms with van der Waals surface area (Å²) in [6.07, 6.45) is -0.464. The maximum absolute atomic E-state index is 12.6. The van der Waals surface area contributed by atoms with Crippen molar-refractivity contribution in [3.05, 3.63) is 42.5 Å². The van der Waals surface area contributed by atoms with Gasteiger partial charge >= 0.3 is 6.09 Å². The van der Waals surface area contributed by atoms with Gasteiger partial charge in [0.2, 0.25) is 5.91 Å². The Hall–Kier alpha value is -2.87. The Balaban J connectivity index is 2.06. The van der Waals surface area contributed by atoms with Crippen LogP contribution in [0.25, 0.3) is 11.1 Å². The quantitative estimate of drug-likeness (QED) is 0.704. The van der Waals surface area contributed by atoms with Crippen molar-refractivity contribution in [2.75, 3.05) is 23.0 Å². The molecule has 0 saturated carbocycles. The molecule has 1 aliphatic heterocycles. The van der Waals surface area contributed by atoms with Gasteiger partial charge in [-0.3, -0.25) is 9.69 Å². The van der Waals surface area contributed by atoms with E-state index in [9.17, 15) is 18.0 Å². The van der Waals surface area contributed by atoms with Crippen molar-refractivity contribution in [1.82, 2.24) is 0 Å². The lowest BCUT2D eigenvalue weighted by molar-refractivity contribution is -0.117. The maximum Gasteiger partial charge on any atom is 0.414 e. The Morgan fingerprint density at radius 2 is 1.68 bits per heavy atom. The molecule has 1 unspecified atom stereocenters. The fraction of sp³-hybridized carbons (Fsp3) is 0.391. The van der Waals surface area contributed by atoms with Gasteiger partial charge in [0, 0.05) is 13.5 Å². The van der Waals surface area contributed by atoms with Crippen LogP contribution in [0.4, 0.5) is 16.2 Å². The molecule has 0 N–H and O–H groups in total. The van der Waals surface area contributed by atoms with Gasteiger partial charge in [0.15, 0.2) is 9.84 Å². The van der Waals surface area contributed by atoms with E-state index in [1.165, 1.54) is 6.92 Å². The highest BCUT2D eigenvalue weighted by molar-refractivity contribution is 7.92. The van der Waals surface area contributed by atoms with Crippen LogP contribution in [0.15, 0.2) is 47.4 Å². The molecule has 1 heterocycles. The molecule has 0 bridgehead atoms. The zero-order chi connectivity index (χ0) is 22.9. The molecule has 0 aromatic heterocycles. The number of rotatable bonds is 4. The van der Waals surface area contributed by atoms with Crippen LogP contribution in [0, 0.1) is 0 Å². The number of amides is 2. The lowest BCUT2D eigenvalue weighted by Crippen LogP contribution is -2.51. The fourth-order valence-corrected chi connectivity index (χ4v) is 4.83. The third-order valence-electron chi connectivity index (χ3n) is 5.38. The van der Waals surface area contributed by atoms with E-state index < -0.39 is 21.2 Å². The summed E-state index contributed by atoms with van der Waals surface area (Å²) in [7, 11) is -3.35. The van der Waals surface area contributed by atoms with E-state index in [0.717, 1.165) is 11.1 Å². The normalized spacial score (nSPS) is 16.3. The van der Waals surface area contributed by atoms with Crippen molar-refractivity contribution >= 4 is 33.2 Å². The van der Waals surface area contributed by atoms with Crippen molar-refractivity contribution in [3.63, 3.8) is 0 Å². The highest BCUT2D eigenvalue weighted by Gasteiger charge is 2.34. The summed E-state index contributed by atoms with van der Waals surface area (Å²) in [5.41, 5.74) is 2.84. The van der Waals surface area contributed by atoms with Gasteiger partial charge in [0.25, 0.3) is 0 Å². The van der Waals surface area contributed by atoms with Gasteiger partial charge in [-0.25, -0.2) is 13.2 Å². The SMILES string of the molecule is CCOC(=O)N1CC(C)N(C(C)=O)c2ccc(-c3ccc(S(=O)(=O)C(C)C)cc3)cc21. The van der Waals surface area contributed by atoms with Crippen LogP contribution in [0.1, 0.15) is 34.6 Å². The van der Waals surface area contributed by atoms with E-state index in [2.05, 4.69) is 0 Å². The van der Waals surface area contributed by atoms with Crippen molar-refractivity contribution in [2.24, 2.45) is 0 Å². The van der Waals surface area contributed by atoms with E-state index in [1.54, 1.807) is 54.8 Å². The number of benzene rings is 2. The van der Waals surface area contributed by atoms with E-state index >= 15 is 0 Å². The zero-order valence-electron chi connectivity index (χ0n) is 18.5. The minimum Gasteiger partial charge on any atom is -0.449 e. The van der Waals surface area contributed by atoms with E-state index in [1.807, 2.05) is 25.1 Å². The van der Waals surface area contributed by atoms with Gasteiger partial charge in [0.1, 0.15) is 0 Å². The average molecular weight is 445 g/mol. The third-order valence-corrected chi connectivity index (χ3v) is 7.55. The van der Waals surface area contributed by atoms with Gasteiger partial charge in [-0.15, -0.1) is 0 Å². The lowest BCUT2D eigenvalue weighted by Gasteiger charge is -2.40. The molecule has 0 aliphatic carbocycles. The van der Waals surface area contributed by atoms with Crippen LogP contribution >= 0.6 is 0 Å². The molecule has 1 atom stereocenters. The Morgan fingerprint density at radius 1 is 1.06 bits per heavy atom. The first-order valence-corrected chi connectivity index (χ1v) is 11.8. The highest BCUT2D eigenvalue weighted by atomic mass is 32.2. The molecular formula is C23H28N2O5S. The number of anilines is 2. The molecule has 2 aromatic rings. The maximum atomic E-state index is 12.6. The smallest absolute Gasteiger partial charge is 0.414 e. The second-order valence-corrected chi connectivity index (χ2v) is 10.4. The number of ether oxygens (including phenoxy) is 1. The van der Waals surface area contributed by atoms with Crippen LogP contribution in [0.2, 0.25) is 0 Å². The fourth-order valence-electron chi connectivity index (χ4n) is 3.77. The molecule has 0 spiro atoms. The summed E-state index contributed by atoms with van der Waals surface area (Å²) in [5.74, 6) is -0.103. The number of carbonyl (C=O) groups is 2. The number of hydrogen-bond donors (Lipinski definition) is 0. The molecule has 0 saturated heterocycles. The molecule has 31 heavy (non-hydrogen) atoms. The Bertz CT molecular complexity index is 1090. The molecule has 3 rings (SSSR count). The lowest BCUT2D eigenvalue weighted by atomic mass is 10.0. The monoisotopic (exact) mass is 444 g/mol. The predicted octanol–water partition coefficient (Wildman–Crippen LogP) is 4.25. The zero-order valence-corrected chi connectivity index (χ0v) is 19.3. The van der Waals surface area contributed by atoms with Crippen molar-refractivity contribution in [1.29, 1.82) is 0 Å². The number of carbonyl (C=O) groups excluding carboxylic acids is 2. The van der Waals surface area contributed by atoms with Crippen LogP contribution < -0.4 is 9.80 Å². The Morgan fingerprint density at radius 3 is 2.23 bits per heavy atom. The topological polar surface area (TPSA) is 84.0 Å². The molecule has 0 radical (unpaired) electrons. The van der Waals surface area contributed by atoms with Gasteiger partial charge in [-0.1, -0.05) is 18.2 Å². The summed E-state index contributed by atoms with van der Waals surface area (Å²) in [5, 5.41) is -0.500. The average Bonchev–Trinajstić information content (AvgIpc) is 2.72. The van der Waals surface area contributed by atoms with Crippen LogP contribution in [-0.4, -0.2) is 44.9 Å². The summed E-state index contributed by atoms with van der Waals surface area (Å²) < 4.78 is 30.0. The van der Waals surface area contributed by atoms with Crippen molar-refractivity contribution in [2.45, 2.75) is 50.8 Å².